The lowest BCUT2D eigenvalue weighted by Gasteiger charge is -2.21. The van der Waals surface area contributed by atoms with E-state index >= 15 is 0 Å². The van der Waals surface area contributed by atoms with Crippen LogP contribution in [0.3, 0.4) is 0 Å². The van der Waals surface area contributed by atoms with Crippen LogP contribution in [-0.2, 0) is 0 Å². The van der Waals surface area contributed by atoms with E-state index in [-0.39, 0.29) is 29.3 Å². The lowest BCUT2D eigenvalue weighted by molar-refractivity contribution is -0.384. The molecule has 2 N–H and O–H groups in total. The zero-order valence-corrected chi connectivity index (χ0v) is 14.3. The minimum atomic E-state index is -0.486. The first-order valence-corrected chi connectivity index (χ1v) is 8.02. The summed E-state index contributed by atoms with van der Waals surface area (Å²) in [5, 5.41) is 27.2. The zero-order valence-electron chi connectivity index (χ0n) is 14.3. The number of para-hydroxylation sites is 2. The summed E-state index contributed by atoms with van der Waals surface area (Å²) in [6.45, 7) is 4.49. The fraction of sp³-hybridized carbons (Fsp3) is 0.412. The van der Waals surface area contributed by atoms with Gasteiger partial charge in [0.25, 0.3) is 11.6 Å². The van der Waals surface area contributed by atoms with Crippen LogP contribution in [0.5, 0.6) is 0 Å². The van der Waals surface area contributed by atoms with Gasteiger partial charge in [0.15, 0.2) is 5.69 Å². The number of hydrogen-bond acceptors (Lipinski definition) is 5. The molecule has 1 aromatic heterocycles. The van der Waals surface area contributed by atoms with E-state index in [0.717, 1.165) is 12.8 Å². The first-order valence-electron chi connectivity index (χ1n) is 8.02. The minimum absolute atomic E-state index is 0.0798. The van der Waals surface area contributed by atoms with Crippen molar-refractivity contribution in [3.8, 4) is 5.69 Å². The van der Waals surface area contributed by atoms with Gasteiger partial charge in [-0.1, -0.05) is 26.0 Å². The van der Waals surface area contributed by atoms with Gasteiger partial charge < -0.3 is 10.4 Å². The second-order valence-electron chi connectivity index (χ2n) is 6.57. The molecule has 134 valence electrons. The Morgan fingerprint density at radius 1 is 1.36 bits per heavy atom. The third-order valence-corrected chi connectivity index (χ3v) is 3.89. The lowest BCUT2D eigenvalue weighted by atomic mass is 9.89. The van der Waals surface area contributed by atoms with Crippen molar-refractivity contribution in [2.24, 2.45) is 5.41 Å². The van der Waals surface area contributed by atoms with E-state index in [1.54, 1.807) is 18.2 Å². The van der Waals surface area contributed by atoms with E-state index in [1.165, 1.54) is 23.0 Å². The number of aliphatic hydroxyl groups excluding tert-OH is 1. The monoisotopic (exact) mass is 346 g/mol. The Labute approximate surface area is 145 Å². The van der Waals surface area contributed by atoms with E-state index in [4.69, 9.17) is 0 Å². The Hall–Kier alpha value is -2.74. The Bertz CT molecular complexity index is 755. The summed E-state index contributed by atoms with van der Waals surface area (Å²) in [5.74, 6) is -0.334. The number of aliphatic hydroxyl groups is 1. The molecule has 0 spiro atoms. The van der Waals surface area contributed by atoms with Crippen molar-refractivity contribution in [3.63, 3.8) is 0 Å². The van der Waals surface area contributed by atoms with Crippen LogP contribution in [0.2, 0.25) is 0 Å². The summed E-state index contributed by atoms with van der Waals surface area (Å²) in [4.78, 5) is 22.7. The molecule has 8 nitrogen and oxygen atoms in total. The molecule has 8 heteroatoms. The molecule has 0 fully saturated rings. The Kier molecular flexibility index (Phi) is 5.87. The summed E-state index contributed by atoms with van der Waals surface area (Å²) < 4.78 is 1.32. The number of carbonyl (C=O) groups excluding carboxylic acids is 1. The van der Waals surface area contributed by atoms with Gasteiger partial charge in [-0.05, 0) is 30.4 Å². The van der Waals surface area contributed by atoms with Gasteiger partial charge in [0.05, 0.1) is 4.92 Å². The van der Waals surface area contributed by atoms with Crippen molar-refractivity contribution < 1.29 is 14.8 Å². The Balaban J connectivity index is 1.99. The molecular weight excluding hydrogens is 324 g/mol. The highest BCUT2D eigenvalue weighted by Gasteiger charge is 2.18. The average Bonchev–Trinajstić information content (AvgIpc) is 3.08. The van der Waals surface area contributed by atoms with Crippen LogP contribution >= 0.6 is 0 Å². The quantitative estimate of drug-likeness (QED) is 0.433. The summed E-state index contributed by atoms with van der Waals surface area (Å²) in [6, 6.07) is 7.73. The van der Waals surface area contributed by atoms with Crippen LogP contribution < -0.4 is 5.32 Å². The summed E-state index contributed by atoms with van der Waals surface area (Å²) in [5.41, 5.74) is 0.248. The molecule has 0 radical (unpaired) electrons. The summed E-state index contributed by atoms with van der Waals surface area (Å²) in [6.07, 6.45) is 3.05. The normalized spacial score (nSPS) is 11.3. The van der Waals surface area contributed by atoms with E-state index in [0.29, 0.717) is 12.2 Å². The maximum atomic E-state index is 12.1. The maximum absolute atomic E-state index is 12.1. The molecule has 25 heavy (non-hydrogen) atoms. The SMILES string of the molecule is CC(C)(CO)CCCNC(=O)c1ccn(-c2ccccc2[N+](=O)[O-])n1. The molecule has 0 aliphatic heterocycles. The smallest absolute Gasteiger partial charge is 0.294 e. The maximum Gasteiger partial charge on any atom is 0.294 e. The third-order valence-electron chi connectivity index (χ3n) is 3.89. The lowest BCUT2D eigenvalue weighted by Crippen LogP contribution is -2.26. The van der Waals surface area contributed by atoms with Gasteiger partial charge >= 0.3 is 0 Å². The highest BCUT2D eigenvalue weighted by Crippen LogP contribution is 2.22. The van der Waals surface area contributed by atoms with Crippen molar-refractivity contribution in [3.05, 3.63) is 52.3 Å². The molecule has 0 aliphatic carbocycles. The van der Waals surface area contributed by atoms with Gasteiger partial charge in [-0.2, -0.15) is 5.10 Å². The molecule has 0 aliphatic rings. The van der Waals surface area contributed by atoms with Gasteiger partial charge in [0.1, 0.15) is 5.69 Å². The van der Waals surface area contributed by atoms with Crippen LogP contribution in [-0.4, -0.2) is 38.9 Å². The van der Waals surface area contributed by atoms with Crippen molar-refractivity contribution in [1.29, 1.82) is 0 Å². The molecule has 1 amide bonds. The predicted octanol–water partition coefficient (Wildman–Crippen LogP) is 2.31. The molecule has 0 bridgehead atoms. The topological polar surface area (TPSA) is 110 Å². The number of nitrogens with zero attached hydrogens (tertiary/aromatic N) is 3. The number of hydrogen-bond donors (Lipinski definition) is 2. The molecule has 1 heterocycles. The van der Waals surface area contributed by atoms with Gasteiger partial charge in [0.2, 0.25) is 0 Å². The van der Waals surface area contributed by atoms with Gasteiger partial charge in [-0.25, -0.2) is 4.68 Å². The fourth-order valence-electron chi connectivity index (χ4n) is 2.33. The first-order chi connectivity index (χ1) is 11.8. The Morgan fingerprint density at radius 2 is 2.08 bits per heavy atom. The second-order valence-corrected chi connectivity index (χ2v) is 6.57. The number of nitro groups is 1. The molecule has 0 saturated heterocycles. The highest BCUT2D eigenvalue weighted by molar-refractivity contribution is 5.92. The number of amides is 1. The summed E-state index contributed by atoms with van der Waals surface area (Å²) >= 11 is 0. The number of carbonyl (C=O) groups is 1. The van der Waals surface area contributed by atoms with Crippen molar-refractivity contribution in [2.45, 2.75) is 26.7 Å². The molecule has 2 rings (SSSR count). The number of benzene rings is 1. The molecule has 1 aromatic carbocycles. The van der Waals surface area contributed by atoms with E-state index in [2.05, 4.69) is 10.4 Å². The summed E-state index contributed by atoms with van der Waals surface area (Å²) in [7, 11) is 0. The predicted molar refractivity (Wildman–Crippen MR) is 92.7 cm³/mol. The molecule has 0 unspecified atom stereocenters. The Morgan fingerprint density at radius 3 is 2.76 bits per heavy atom. The number of aromatic nitrogens is 2. The second kappa shape index (κ2) is 7.89. The first kappa shape index (κ1) is 18.6. The van der Waals surface area contributed by atoms with Crippen molar-refractivity contribution in [2.75, 3.05) is 13.2 Å². The zero-order chi connectivity index (χ0) is 18.4. The standard InChI is InChI=1S/C17H22N4O4/c1-17(2,12-22)9-5-10-18-16(23)13-8-11-20(19-13)14-6-3-4-7-15(14)21(24)25/h3-4,6-8,11,22H,5,9-10,12H2,1-2H3,(H,18,23). The van der Waals surface area contributed by atoms with Crippen LogP contribution in [0.1, 0.15) is 37.2 Å². The van der Waals surface area contributed by atoms with E-state index in [1.807, 2.05) is 13.8 Å². The van der Waals surface area contributed by atoms with Gasteiger partial charge in [-0.15, -0.1) is 0 Å². The average molecular weight is 346 g/mol. The molecular formula is C17H22N4O4. The van der Waals surface area contributed by atoms with Crippen LogP contribution in [0.25, 0.3) is 5.69 Å². The molecule has 0 saturated carbocycles. The van der Waals surface area contributed by atoms with Gasteiger partial charge in [0, 0.05) is 25.4 Å². The van der Waals surface area contributed by atoms with E-state index < -0.39 is 4.92 Å². The molecule has 0 atom stereocenters. The van der Waals surface area contributed by atoms with Crippen LogP contribution in [0.4, 0.5) is 5.69 Å². The third kappa shape index (κ3) is 4.87. The fourth-order valence-corrected chi connectivity index (χ4v) is 2.33. The van der Waals surface area contributed by atoms with Gasteiger partial charge in [-0.3, -0.25) is 14.9 Å². The highest BCUT2D eigenvalue weighted by atomic mass is 16.6. The number of nitro benzene ring substituents is 1. The van der Waals surface area contributed by atoms with E-state index in [9.17, 15) is 20.0 Å². The van der Waals surface area contributed by atoms with Crippen molar-refractivity contribution >= 4 is 11.6 Å². The van der Waals surface area contributed by atoms with Crippen molar-refractivity contribution in [1.82, 2.24) is 15.1 Å². The van der Waals surface area contributed by atoms with Crippen LogP contribution in [0, 0.1) is 15.5 Å². The number of nitrogens with one attached hydrogen (secondary N) is 1. The minimum Gasteiger partial charge on any atom is -0.396 e. The van der Waals surface area contributed by atoms with Crippen LogP contribution in [0.15, 0.2) is 36.5 Å². The largest absolute Gasteiger partial charge is 0.396 e. The number of rotatable bonds is 8. The molecule has 2 aromatic rings.